The van der Waals surface area contributed by atoms with Gasteiger partial charge in [-0.3, -0.25) is 0 Å². The van der Waals surface area contributed by atoms with Crippen molar-refractivity contribution in [3.63, 3.8) is 0 Å². The highest BCUT2D eigenvalue weighted by atomic mass is 32.5. The predicted octanol–water partition coefficient (Wildman–Crippen LogP) is 6.16. The molecule has 0 N–H and O–H groups in total. The fourth-order valence-electron chi connectivity index (χ4n) is 2.11. The van der Waals surface area contributed by atoms with E-state index in [1.54, 1.807) is 12.1 Å². The molecule has 2 aromatic carbocycles. The smallest absolute Gasteiger partial charge is 0.310 e. The molecule has 0 amide bonds. The lowest BCUT2D eigenvalue weighted by atomic mass is 10.1. The summed E-state index contributed by atoms with van der Waals surface area (Å²) in [4.78, 5) is -1.98. The van der Waals surface area contributed by atoms with Gasteiger partial charge >= 0.3 is 10.2 Å². The van der Waals surface area contributed by atoms with E-state index in [1.807, 2.05) is 0 Å². The minimum atomic E-state index is -9.76. The van der Waals surface area contributed by atoms with Crippen LogP contribution >= 0.6 is 10.2 Å². The molecule has 0 bridgehead atoms. The Bertz CT molecular complexity index is 888. The summed E-state index contributed by atoms with van der Waals surface area (Å²) in [5, 5.41) is 3.46. The molecule has 0 saturated carbocycles. The Kier molecular flexibility index (Phi) is 2.82. The van der Waals surface area contributed by atoms with Gasteiger partial charge in [0.05, 0.1) is 12.5 Å². The lowest BCUT2D eigenvalue weighted by Crippen LogP contribution is -2.05. The van der Waals surface area contributed by atoms with Gasteiger partial charge in [0, 0.05) is 5.56 Å². The summed E-state index contributed by atoms with van der Waals surface area (Å²) in [5.41, 5.74) is 0.453. The zero-order valence-corrected chi connectivity index (χ0v) is 12.4. The van der Waals surface area contributed by atoms with E-state index in [9.17, 15) is 19.4 Å². The number of benzene rings is 2. The van der Waals surface area contributed by atoms with E-state index in [2.05, 4.69) is 5.16 Å². The molecular weight excluding hydrogens is 341 g/mol. The number of ether oxygens (including phenoxy) is 1. The first-order chi connectivity index (χ1) is 10.5. The van der Waals surface area contributed by atoms with Crippen LogP contribution in [0.3, 0.4) is 0 Å². The Labute approximate surface area is 127 Å². The van der Waals surface area contributed by atoms with Gasteiger partial charge in [0.25, 0.3) is 0 Å². The van der Waals surface area contributed by atoms with Gasteiger partial charge in [0.2, 0.25) is 0 Å². The molecule has 0 radical (unpaired) electrons. The first-order valence-electron chi connectivity index (χ1n) is 6.26. The maximum atomic E-state index is 12.9. The van der Waals surface area contributed by atoms with E-state index in [-0.39, 0.29) is 16.7 Å². The van der Waals surface area contributed by atoms with E-state index in [1.165, 1.54) is 19.2 Å². The van der Waals surface area contributed by atoms with Crippen LogP contribution in [0.15, 0.2) is 51.9 Å². The van der Waals surface area contributed by atoms with Crippen molar-refractivity contribution >= 4 is 21.1 Å². The molecule has 0 aliphatic rings. The van der Waals surface area contributed by atoms with Crippen LogP contribution < -0.4 is 4.74 Å². The lowest BCUT2D eigenvalue weighted by molar-refractivity contribution is 0.364. The van der Waals surface area contributed by atoms with E-state index in [0.717, 1.165) is 6.07 Å². The maximum Gasteiger partial charge on any atom is 0.310 e. The second-order valence-corrected chi connectivity index (χ2v) is 7.30. The Morgan fingerprint density at radius 2 is 1.61 bits per heavy atom. The van der Waals surface area contributed by atoms with Crippen LogP contribution in [0, 0.1) is 0 Å². The maximum absolute atomic E-state index is 12.9. The number of fused-ring (bicyclic) bond motifs is 1. The quantitative estimate of drug-likeness (QED) is 0.530. The molecular formula is C14H10F5NO2S. The van der Waals surface area contributed by atoms with Crippen LogP contribution in [0.1, 0.15) is 0 Å². The highest BCUT2D eigenvalue weighted by molar-refractivity contribution is 8.45. The summed E-state index contributed by atoms with van der Waals surface area (Å²) >= 11 is 0. The second-order valence-electron chi connectivity index (χ2n) is 4.89. The van der Waals surface area contributed by atoms with Crippen LogP contribution in [-0.2, 0) is 0 Å². The largest absolute Gasteiger partial charge is 0.497 e. The molecule has 3 rings (SSSR count). The van der Waals surface area contributed by atoms with E-state index < -0.39 is 15.1 Å². The third-order valence-corrected chi connectivity index (χ3v) is 4.39. The van der Waals surface area contributed by atoms with Gasteiger partial charge in [0.1, 0.15) is 16.2 Å². The normalized spacial score (nSPS) is 15.2. The Morgan fingerprint density at radius 3 is 2.17 bits per heavy atom. The topological polar surface area (TPSA) is 35.3 Å². The van der Waals surface area contributed by atoms with Crippen molar-refractivity contribution in [2.45, 2.75) is 4.90 Å². The van der Waals surface area contributed by atoms with Crippen molar-refractivity contribution in [3.8, 4) is 17.1 Å². The molecule has 124 valence electrons. The van der Waals surface area contributed by atoms with Crippen molar-refractivity contribution in [2.24, 2.45) is 0 Å². The molecule has 0 fully saturated rings. The molecule has 3 aromatic rings. The van der Waals surface area contributed by atoms with Gasteiger partial charge in [-0.15, -0.1) is 0 Å². The summed E-state index contributed by atoms with van der Waals surface area (Å²) < 4.78 is 74.7. The fraction of sp³-hybridized carbons (Fsp3) is 0.0714. The molecule has 1 aromatic heterocycles. The molecule has 1 heterocycles. The van der Waals surface area contributed by atoms with Crippen molar-refractivity contribution in [2.75, 3.05) is 7.11 Å². The van der Waals surface area contributed by atoms with Gasteiger partial charge in [-0.25, -0.2) is 0 Å². The van der Waals surface area contributed by atoms with Crippen molar-refractivity contribution in [3.05, 3.63) is 42.5 Å². The molecule has 0 atom stereocenters. The van der Waals surface area contributed by atoms with Crippen molar-refractivity contribution in [1.82, 2.24) is 5.16 Å². The Morgan fingerprint density at radius 1 is 0.957 bits per heavy atom. The van der Waals surface area contributed by atoms with Gasteiger partial charge in [-0.05, 0) is 42.5 Å². The minimum absolute atomic E-state index is 0.0219. The average molecular weight is 351 g/mol. The summed E-state index contributed by atoms with van der Waals surface area (Å²) in [6, 6.07) is 7.74. The molecule has 9 heteroatoms. The average Bonchev–Trinajstić information content (AvgIpc) is 2.88. The minimum Gasteiger partial charge on any atom is -0.497 e. The number of nitrogens with zero attached hydrogens (tertiary/aromatic N) is 1. The van der Waals surface area contributed by atoms with Crippen molar-refractivity contribution in [1.29, 1.82) is 0 Å². The molecule has 0 unspecified atom stereocenters. The zero-order chi connectivity index (χ0) is 16.9. The Hall–Kier alpha value is -2.29. The van der Waals surface area contributed by atoms with Gasteiger partial charge in [-0.1, -0.05) is 24.6 Å². The summed E-state index contributed by atoms with van der Waals surface area (Å²) in [6.45, 7) is 0. The first kappa shape index (κ1) is 15.6. The molecule has 0 aliphatic heterocycles. The molecule has 0 saturated heterocycles. The zero-order valence-electron chi connectivity index (χ0n) is 11.6. The standard InChI is InChI=1S/C14H10F5NO2S/c1-21-10-4-2-9(3-5-10)14-12-8-11(23(15,16,17,18)19)6-7-13(12)20-22-14/h2-8H,1H3. The molecule has 0 aliphatic carbocycles. The first-order valence-corrected chi connectivity index (χ1v) is 8.21. The monoisotopic (exact) mass is 351 g/mol. The molecule has 0 spiro atoms. The van der Waals surface area contributed by atoms with E-state index in [0.29, 0.717) is 23.4 Å². The SMILES string of the molecule is COc1ccc(-c2onc3ccc(S(F)(F)(F)(F)F)cc23)cc1. The highest BCUT2D eigenvalue weighted by Gasteiger charge is 2.65. The number of aromatic nitrogens is 1. The summed E-state index contributed by atoms with van der Waals surface area (Å²) in [6.07, 6.45) is 0. The summed E-state index contributed by atoms with van der Waals surface area (Å²) in [5.74, 6) is 0.511. The van der Waals surface area contributed by atoms with Crippen LogP contribution in [0.2, 0.25) is 0 Å². The fourth-order valence-corrected chi connectivity index (χ4v) is 2.78. The number of hydrogen-bond acceptors (Lipinski definition) is 3. The Balaban J connectivity index is 2.20. The van der Waals surface area contributed by atoms with Crippen molar-refractivity contribution < 1.29 is 28.7 Å². The predicted molar refractivity (Wildman–Crippen MR) is 77.4 cm³/mol. The molecule has 3 nitrogen and oxygen atoms in total. The van der Waals surface area contributed by atoms with Gasteiger partial charge in [0.15, 0.2) is 5.76 Å². The van der Waals surface area contributed by atoms with Crippen LogP contribution in [0.25, 0.3) is 22.2 Å². The second kappa shape index (κ2) is 4.16. The number of halogens is 5. The number of hydrogen-bond donors (Lipinski definition) is 0. The third-order valence-electron chi connectivity index (χ3n) is 3.25. The third kappa shape index (κ3) is 2.96. The van der Waals surface area contributed by atoms with Gasteiger partial charge in [-0.2, -0.15) is 0 Å². The van der Waals surface area contributed by atoms with E-state index in [4.69, 9.17) is 9.26 Å². The number of rotatable bonds is 3. The summed E-state index contributed by atoms with van der Waals surface area (Å²) in [7, 11) is -8.31. The van der Waals surface area contributed by atoms with Crippen LogP contribution in [0.5, 0.6) is 5.75 Å². The van der Waals surface area contributed by atoms with Gasteiger partial charge < -0.3 is 9.26 Å². The van der Waals surface area contributed by atoms with Crippen LogP contribution in [-0.4, -0.2) is 12.3 Å². The molecule has 23 heavy (non-hydrogen) atoms. The highest BCUT2D eigenvalue weighted by Crippen LogP contribution is 3.02. The lowest BCUT2D eigenvalue weighted by Gasteiger charge is -2.40. The van der Waals surface area contributed by atoms with Crippen LogP contribution in [0.4, 0.5) is 19.4 Å². The number of methoxy groups -OCH3 is 1. The van der Waals surface area contributed by atoms with E-state index >= 15 is 0 Å².